The molecule has 0 fully saturated rings. The molecule has 0 N–H and O–H groups in total. The summed E-state index contributed by atoms with van der Waals surface area (Å²) < 4.78 is 0. The van der Waals surface area contributed by atoms with Gasteiger partial charge in [-0.1, -0.05) is 0 Å². The van der Waals surface area contributed by atoms with Crippen LogP contribution in [-0.2, 0) is 0 Å². The molecule has 0 bridgehead atoms. The Morgan fingerprint density at radius 1 is 0.688 bits per heavy atom. The molecule has 0 aromatic heterocycles. The van der Waals surface area contributed by atoms with Gasteiger partial charge < -0.3 is 0 Å². The number of hydrogen-bond donors (Lipinski definition) is 0. The molecule has 0 amide bonds. The fourth-order valence-corrected chi connectivity index (χ4v) is 18.0. The second-order valence-corrected chi connectivity index (χ2v) is 23.2. The van der Waals surface area contributed by atoms with E-state index in [1.54, 1.807) is 10.4 Å². The van der Waals surface area contributed by atoms with E-state index in [2.05, 4.69) is 72.2 Å². The van der Waals surface area contributed by atoms with Gasteiger partial charge in [-0.2, -0.15) is 0 Å². The molecule has 0 heterocycles. The summed E-state index contributed by atoms with van der Waals surface area (Å²) >= 11 is -1.07. The normalized spacial score (nSPS) is 11.0. The summed E-state index contributed by atoms with van der Waals surface area (Å²) in [4.78, 5) is 0. The van der Waals surface area contributed by atoms with Crippen molar-refractivity contribution in [3.8, 4) is 0 Å². The zero-order chi connectivity index (χ0) is 11.4. The molecule has 0 aliphatic heterocycles. The summed E-state index contributed by atoms with van der Waals surface area (Å²) in [6.07, 6.45) is 0. The Morgan fingerprint density at radius 2 is 1.06 bits per heavy atom. The monoisotopic (exact) mass is 288 g/mol. The van der Waals surface area contributed by atoms with Crippen LogP contribution in [0.5, 0.6) is 0 Å². The van der Waals surface area contributed by atoms with Crippen LogP contribution in [0.4, 0.5) is 0 Å². The quantitative estimate of drug-likeness (QED) is 0.752. The van der Waals surface area contributed by atoms with E-state index in [9.17, 15) is 0 Å². The Bertz CT molecular complexity index is 386. The summed E-state index contributed by atoms with van der Waals surface area (Å²) in [6.45, 7) is 0. The summed E-state index contributed by atoms with van der Waals surface area (Å²) in [5.74, 6) is 5.06. The van der Waals surface area contributed by atoms with Crippen molar-refractivity contribution in [2.75, 3.05) is 0 Å². The van der Waals surface area contributed by atoms with Gasteiger partial charge >= 0.3 is 104 Å². The van der Waals surface area contributed by atoms with Crippen LogP contribution in [-0.4, -0.2) is 21.0 Å². The van der Waals surface area contributed by atoms with Crippen molar-refractivity contribution in [1.82, 2.24) is 0 Å². The van der Waals surface area contributed by atoms with E-state index in [-0.39, 0.29) is 0 Å². The maximum absolute atomic E-state index is 2.53. The van der Waals surface area contributed by atoms with Crippen molar-refractivity contribution in [2.45, 2.75) is 11.5 Å². The molecule has 2 heteroatoms. The van der Waals surface area contributed by atoms with Gasteiger partial charge in [-0.25, -0.2) is 0 Å². The Kier molecular flexibility index (Phi) is 4.02. The first kappa shape index (κ1) is 11.7. The number of benzene rings is 2. The van der Waals surface area contributed by atoms with Crippen LogP contribution in [0, 0.1) is 0 Å². The average molecular weight is 287 g/mol. The van der Waals surface area contributed by atoms with Crippen molar-refractivity contribution in [3.05, 3.63) is 60.7 Å². The maximum atomic E-state index is 2.53. The van der Waals surface area contributed by atoms with E-state index in [0.29, 0.717) is 0 Å². The van der Waals surface area contributed by atoms with Gasteiger partial charge in [0.1, 0.15) is 0 Å². The Morgan fingerprint density at radius 3 is 1.38 bits per heavy atom. The molecule has 82 valence electrons. The first-order valence-corrected chi connectivity index (χ1v) is 16.7. The van der Waals surface area contributed by atoms with Crippen LogP contribution in [0.25, 0.3) is 0 Å². The molecular formula is C14H18GeSi. The third-order valence-electron chi connectivity index (χ3n) is 2.98. The zero-order valence-electron chi connectivity index (χ0n) is 9.93. The Balaban J connectivity index is 2.40. The molecule has 16 heavy (non-hydrogen) atoms. The summed E-state index contributed by atoms with van der Waals surface area (Å²) in [5, 5.41) is 3.26. The number of hydrogen-bond acceptors (Lipinski definition) is 0. The van der Waals surface area contributed by atoms with Crippen LogP contribution in [0.2, 0.25) is 11.5 Å². The van der Waals surface area contributed by atoms with E-state index in [1.165, 1.54) is 0 Å². The van der Waals surface area contributed by atoms with Crippen LogP contribution >= 0.6 is 0 Å². The van der Waals surface area contributed by atoms with Crippen LogP contribution in [0.15, 0.2) is 60.7 Å². The van der Waals surface area contributed by atoms with Gasteiger partial charge in [-0.05, 0) is 0 Å². The molecule has 2 aromatic rings. The minimum absolute atomic E-state index is 0.836. The standard InChI is InChI=1S/C14H18GeSi/c1-15(2)16(13-9-5-3-6-10-13)14-11-7-4-8-12-14/h3-12,15-16H,1-2H3. The first-order chi connectivity index (χ1) is 7.79. The fourth-order valence-electron chi connectivity index (χ4n) is 2.28. The molecule has 0 saturated carbocycles. The summed E-state index contributed by atoms with van der Waals surface area (Å²) in [6, 6.07) is 22.3. The van der Waals surface area contributed by atoms with Crippen molar-refractivity contribution in [3.63, 3.8) is 0 Å². The molecule has 0 saturated heterocycles. The van der Waals surface area contributed by atoms with Crippen LogP contribution in [0.1, 0.15) is 0 Å². The van der Waals surface area contributed by atoms with E-state index in [4.69, 9.17) is 0 Å². The first-order valence-electron chi connectivity index (χ1n) is 5.89. The third-order valence-corrected chi connectivity index (χ3v) is 19.8. The fraction of sp³-hybridized carbons (Fsp3) is 0.143. The van der Waals surface area contributed by atoms with Gasteiger partial charge in [0.2, 0.25) is 0 Å². The second-order valence-electron chi connectivity index (χ2n) is 4.54. The molecular weight excluding hydrogens is 269 g/mol. The van der Waals surface area contributed by atoms with Crippen molar-refractivity contribution in [2.24, 2.45) is 0 Å². The third kappa shape index (κ3) is 2.66. The molecule has 0 aliphatic rings. The van der Waals surface area contributed by atoms with E-state index in [1.807, 2.05) is 0 Å². The van der Waals surface area contributed by atoms with E-state index < -0.39 is 21.0 Å². The average Bonchev–Trinajstić information content (AvgIpc) is 2.31. The topological polar surface area (TPSA) is 0 Å². The molecule has 0 aliphatic carbocycles. The molecule has 0 nitrogen and oxygen atoms in total. The van der Waals surface area contributed by atoms with Crippen molar-refractivity contribution < 1.29 is 0 Å². The van der Waals surface area contributed by atoms with Gasteiger partial charge in [0.05, 0.1) is 0 Å². The molecule has 2 rings (SSSR count). The van der Waals surface area contributed by atoms with Crippen molar-refractivity contribution >= 4 is 31.4 Å². The predicted octanol–water partition coefficient (Wildman–Crippen LogP) is 1.59. The van der Waals surface area contributed by atoms with Gasteiger partial charge in [0.15, 0.2) is 0 Å². The predicted molar refractivity (Wildman–Crippen MR) is 78.2 cm³/mol. The van der Waals surface area contributed by atoms with Crippen LogP contribution < -0.4 is 10.4 Å². The molecule has 0 atom stereocenters. The number of rotatable bonds is 3. The van der Waals surface area contributed by atoms with Gasteiger partial charge in [-0.3, -0.25) is 0 Å². The van der Waals surface area contributed by atoms with Gasteiger partial charge in [0.25, 0.3) is 0 Å². The summed E-state index contributed by atoms with van der Waals surface area (Å²) in [5.41, 5.74) is 0. The molecule has 0 unspecified atom stereocenters. The Labute approximate surface area is 103 Å². The van der Waals surface area contributed by atoms with E-state index in [0.717, 1.165) is 0 Å². The minimum atomic E-state index is -1.07. The molecule has 2 aromatic carbocycles. The van der Waals surface area contributed by atoms with Gasteiger partial charge in [-0.15, -0.1) is 0 Å². The van der Waals surface area contributed by atoms with Crippen molar-refractivity contribution in [1.29, 1.82) is 0 Å². The molecule has 0 radical (unpaired) electrons. The summed E-state index contributed by atoms with van der Waals surface area (Å²) in [7, 11) is -0.836. The Hall–Kier alpha value is -0.800. The van der Waals surface area contributed by atoms with Gasteiger partial charge in [0, 0.05) is 0 Å². The molecule has 0 spiro atoms. The van der Waals surface area contributed by atoms with E-state index >= 15 is 0 Å². The zero-order valence-corrected chi connectivity index (χ0v) is 13.5. The SMILES string of the molecule is [CH3][GeH]([CH3])[SiH](c1ccccc1)c1ccccc1. The van der Waals surface area contributed by atoms with Crippen LogP contribution in [0.3, 0.4) is 0 Å². The second kappa shape index (κ2) is 5.50.